The minimum atomic E-state index is -1.13. The molecule has 1 N–H and O–H groups in total. The minimum Gasteiger partial charge on any atom is -0.355 e. The predicted molar refractivity (Wildman–Crippen MR) is 62.2 cm³/mol. The van der Waals surface area contributed by atoms with Crippen LogP contribution in [0.4, 0.5) is 0 Å². The fourth-order valence-corrected chi connectivity index (χ4v) is 2.84. The molecule has 2 bridgehead atoms. The van der Waals surface area contributed by atoms with Gasteiger partial charge in [-0.3, -0.25) is 14.4 Å². The van der Waals surface area contributed by atoms with Gasteiger partial charge in [0.25, 0.3) is 0 Å². The lowest BCUT2D eigenvalue weighted by Crippen LogP contribution is -2.46. The molecule has 0 aromatic heterocycles. The van der Waals surface area contributed by atoms with Crippen molar-refractivity contribution < 1.29 is 14.4 Å². The second-order valence-corrected chi connectivity index (χ2v) is 5.01. The maximum atomic E-state index is 12.1. The number of carbonyl (C=O) groups is 3. The topological polar surface area (TPSA) is 63.2 Å². The van der Waals surface area contributed by atoms with Gasteiger partial charge in [0, 0.05) is 19.4 Å². The molecule has 17 heavy (non-hydrogen) atoms. The maximum absolute atomic E-state index is 12.1. The quantitative estimate of drug-likeness (QED) is 0.586. The summed E-state index contributed by atoms with van der Waals surface area (Å²) in [6.45, 7) is 6.23. The molecule has 2 rings (SSSR count). The number of nitrogens with one attached hydrogen (secondary N) is 1. The van der Waals surface area contributed by atoms with E-state index in [0.29, 0.717) is 25.0 Å². The average molecular weight is 235 g/mol. The molecule has 0 spiro atoms. The summed E-state index contributed by atoms with van der Waals surface area (Å²) in [6, 6.07) is 0. The number of fused-ring (bicyclic) bond motifs is 2. The largest absolute Gasteiger partial charge is 0.355 e. The maximum Gasteiger partial charge on any atom is 0.234 e. The Morgan fingerprint density at radius 3 is 2.88 bits per heavy atom. The number of amides is 1. The highest BCUT2D eigenvalue weighted by molar-refractivity contribution is 6.19. The van der Waals surface area contributed by atoms with Gasteiger partial charge in [-0.15, -0.1) is 0 Å². The van der Waals surface area contributed by atoms with Gasteiger partial charge in [0.2, 0.25) is 5.91 Å². The van der Waals surface area contributed by atoms with E-state index in [1.165, 1.54) is 0 Å². The molecular weight excluding hydrogens is 218 g/mol. The lowest BCUT2D eigenvalue weighted by molar-refractivity contribution is -0.144. The summed E-state index contributed by atoms with van der Waals surface area (Å²) in [6.07, 6.45) is 1.70. The van der Waals surface area contributed by atoms with Gasteiger partial charge in [-0.25, -0.2) is 0 Å². The first-order valence-corrected chi connectivity index (χ1v) is 6.05. The van der Waals surface area contributed by atoms with Crippen LogP contribution in [0.1, 0.15) is 32.6 Å². The Hall–Kier alpha value is -1.45. The lowest BCUT2D eigenvalue weighted by atomic mass is 9.74. The molecule has 4 heteroatoms. The van der Waals surface area contributed by atoms with E-state index in [-0.39, 0.29) is 29.8 Å². The fourth-order valence-electron chi connectivity index (χ4n) is 2.84. The van der Waals surface area contributed by atoms with Crippen LogP contribution in [0.25, 0.3) is 0 Å². The third-order valence-corrected chi connectivity index (χ3v) is 3.76. The molecule has 0 heterocycles. The first-order chi connectivity index (χ1) is 8.01. The van der Waals surface area contributed by atoms with Crippen LogP contribution in [0.5, 0.6) is 0 Å². The standard InChI is InChI=1S/C13H17NO3/c1-3-4-14-12(17)13-6-9(5-10(15)7-13)8(2)11(13)16/h9H,2-7H2,1H3,(H,14,17). The zero-order valence-corrected chi connectivity index (χ0v) is 10.0. The lowest BCUT2D eigenvalue weighted by Gasteiger charge is -2.28. The third-order valence-electron chi connectivity index (χ3n) is 3.76. The zero-order valence-electron chi connectivity index (χ0n) is 10.0. The summed E-state index contributed by atoms with van der Waals surface area (Å²) in [7, 11) is 0. The van der Waals surface area contributed by atoms with Gasteiger partial charge in [-0.2, -0.15) is 0 Å². The van der Waals surface area contributed by atoms with Crippen LogP contribution in [0.15, 0.2) is 12.2 Å². The normalized spacial score (nSPS) is 31.8. The number of ketones is 2. The summed E-state index contributed by atoms with van der Waals surface area (Å²) >= 11 is 0. The van der Waals surface area contributed by atoms with Crippen LogP contribution < -0.4 is 5.32 Å². The van der Waals surface area contributed by atoms with E-state index >= 15 is 0 Å². The smallest absolute Gasteiger partial charge is 0.234 e. The Labute approximate surface area is 100 Å². The molecule has 1 amide bonds. The molecule has 0 saturated heterocycles. The zero-order chi connectivity index (χ0) is 12.6. The van der Waals surface area contributed by atoms with Gasteiger partial charge >= 0.3 is 0 Å². The van der Waals surface area contributed by atoms with Crippen LogP contribution in [0, 0.1) is 11.3 Å². The van der Waals surface area contributed by atoms with E-state index in [1.807, 2.05) is 6.92 Å². The summed E-state index contributed by atoms with van der Waals surface area (Å²) < 4.78 is 0. The van der Waals surface area contributed by atoms with Crippen molar-refractivity contribution in [2.75, 3.05) is 6.54 Å². The molecule has 0 aliphatic heterocycles. The van der Waals surface area contributed by atoms with E-state index in [1.54, 1.807) is 0 Å². The van der Waals surface area contributed by atoms with Crippen molar-refractivity contribution in [2.24, 2.45) is 11.3 Å². The molecule has 0 radical (unpaired) electrons. The van der Waals surface area contributed by atoms with Crippen molar-refractivity contribution >= 4 is 17.5 Å². The number of carbonyl (C=O) groups excluding carboxylic acids is 3. The predicted octanol–water partition coefficient (Wildman–Crippen LogP) is 1.01. The first-order valence-electron chi connectivity index (χ1n) is 6.05. The van der Waals surface area contributed by atoms with E-state index in [2.05, 4.69) is 11.9 Å². The first kappa shape index (κ1) is 12.0. The highest BCUT2D eigenvalue weighted by Gasteiger charge is 2.58. The van der Waals surface area contributed by atoms with E-state index in [0.717, 1.165) is 6.42 Å². The minimum absolute atomic E-state index is 0.0000940. The highest BCUT2D eigenvalue weighted by atomic mass is 16.2. The molecule has 2 aliphatic carbocycles. The second kappa shape index (κ2) is 4.09. The number of Topliss-reactive ketones (excluding diaryl/α,β-unsaturated/α-hetero) is 2. The van der Waals surface area contributed by atoms with Crippen molar-refractivity contribution in [1.29, 1.82) is 0 Å². The summed E-state index contributed by atoms with van der Waals surface area (Å²) in [5, 5.41) is 2.74. The van der Waals surface area contributed by atoms with Crippen LogP contribution >= 0.6 is 0 Å². The highest BCUT2D eigenvalue weighted by Crippen LogP contribution is 2.50. The monoisotopic (exact) mass is 235 g/mol. The number of hydrogen-bond donors (Lipinski definition) is 1. The van der Waals surface area contributed by atoms with E-state index < -0.39 is 5.41 Å². The fraction of sp³-hybridized carbons (Fsp3) is 0.615. The number of rotatable bonds is 3. The molecular formula is C13H17NO3. The molecule has 2 atom stereocenters. The van der Waals surface area contributed by atoms with E-state index in [9.17, 15) is 14.4 Å². The van der Waals surface area contributed by atoms with Gasteiger partial charge in [0.1, 0.15) is 11.2 Å². The molecule has 2 fully saturated rings. The average Bonchev–Trinajstić information content (AvgIpc) is 2.48. The van der Waals surface area contributed by atoms with Crippen molar-refractivity contribution in [2.45, 2.75) is 32.6 Å². The van der Waals surface area contributed by atoms with Crippen LogP contribution in [0.2, 0.25) is 0 Å². The molecule has 0 aromatic carbocycles. The Balaban J connectivity index is 2.28. The molecule has 2 aliphatic rings. The molecule has 0 aromatic rings. The van der Waals surface area contributed by atoms with E-state index in [4.69, 9.17) is 0 Å². The van der Waals surface area contributed by atoms with Gasteiger partial charge in [-0.1, -0.05) is 13.5 Å². The van der Waals surface area contributed by atoms with Crippen molar-refractivity contribution in [3.8, 4) is 0 Å². The Morgan fingerprint density at radius 2 is 2.24 bits per heavy atom. The van der Waals surface area contributed by atoms with Crippen molar-refractivity contribution in [3.05, 3.63) is 12.2 Å². The van der Waals surface area contributed by atoms with Gasteiger partial charge in [-0.05, 0) is 24.3 Å². The van der Waals surface area contributed by atoms with Gasteiger partial charge in [0.15, 0.2) is 5.78 Å². The molecule has 2 saturated carbocycles. The Kier molecular flexibility index (Phi) is 2.89. The van der Waals surface area contributed by atoms with Crippen molar-refractivity contribution in [1.82, 2.24) is 5.32 Å². The van der Waals surface area contributed by atoms with Gasteiger partial charge in [0.05, 0.1) is 0 Å². The Bertz CT molecular complexity index is 413. The SMILES string of the molecule is C=C1C(=O)C2(C(=O)NCCC)CC(=O)CC1C2. The van der Waals surface area contributed by atoms with Crippen molar-refractivity contribution in [3.63, 3.8) is 0 Å². The molecule has 2 unspecified atom stereocenters. The molecule has 92 valence electrons. The number of allylic oxidation sites excluding steroid dienone is 1. The summed E-state index contributed by atoms with van der Waals surface area (Å²) in [5.74, 6) is -0.626. The van der Waals surface area contributed by atoms with Crippen LogP contribution in [0.3, 0.4) is 0 Å². The van der Waals surface area contributed by atoms with Crippen LogP contribution in [-0.4, -0.2) is 24.0 Å². The second-order valence-electron chi connectivity index (χ2n) is 5.01. The van der Waals surface area contributed by atoms with Gasteiger partial charge < -0.3 is 5.32 Å². The van der Waals surface area contributed by atoms with Crippen LogP contribution in [-0.2, 0) is 14.4 Å². The number of hydrogen-bond acceptors (Lipinski definition) is 3. The summed E-state index contributed by atoms with van der Waals surface area (Å²) in [4.78, 5) is 35.9. The Morgan fingerprint density at radius 1 is 1.53 bits per heavy atom. The summed E-state index contributed by atoms with van der Waals surface area (Å²) in [5.41, 5.74) is -0.672. The third kappa shape index (κ3) is 1.72. The molecule has 4 nitrogen and oxygen atoms in total.